The number of ether oxygens (including phenoxy) is 1. The first-order chi connectivity index (χ1) is 9.62. The van der Waals surface area contributed by atoms with Gasteiger partial charge in [-0.3, -0.25) is 4.98 Å². The smallest absolute Gasteiger partial charge is 0.234 e. The number of aromatic nitrogens is 2. The summed E-state index contributed by atoms with van der Waals surface area (Å²) < 4.78 is 5.50. The summed E-state index contributed by atoms with van der Waals surface area (Å²) in [7, 11) is 0. The Bertz CT molecular complexity index is 422. The maximum atomic E-state index is 5.50. The molecule has 112 valence electrons. The highest BCUT2D eigenvalue weighted by atomic mass is 16.5. The molecule has 0 radical (unpaired) electrons. The summed E-state index contributed by atoms with van der Waals surface area (Å²) in [6.45, 7) is 9.34. The molecule has 1 aliphatic rings. The lowest BCUT2D eigenvalue weighted by Crippen LogP contribution is -2.50. The molecule has 5 heteroatoms. The topological polar surface area (TPSA) is 59.1 Å². The molecule has 1 fully saturated rings. The molecule has 1 saturated heterocycles. The van der Waals surface area contributed by atoms with E-state index in [1.165, 1.54) is 12.8 Å². The minimum absolute atomic E-state index is 0.314. The molecule has 0 saturated carbocycles. The maximum Gasteiger partial charge on any atom is 0.234 e. The highest BCUT2D eigenvalue weighted by Crippen LogP contribution is 2.30. The van der Waals surface area contributed by atoms with Crippen molar-refractivity contribution in [2.24, 2.45) is 5.41 Å². The van der Waals surface area contributed by atoms with Crippen molar-refractivity contribution in [3.8, 4) is 5.88 Å². The molecule has 2 rings (SSSR count). The van der Waals surface area contributed by atoms with Crippen LogP contribution in [0.3, 0.4) is 0 Å². The van der Waals surface area contributed by atoms with E-state index in [0.29, 0.717) is 23.9 Å². The fourth-order valence-electron chi connectivity index (χ4n) is 2.54. The van der Waals surface area contributed by atoms with Gasteiger partial charge < -0.3 is 15.4 Å². The second kappa shape index (κ2) is 6.88. The quantitative estimate of drug-likeness (QED) is 0.837. The van der Waals surface area contributed by atoms with Crippen molar-refractivity contribution < 1.29 is 4.74 Å². The van der Waals surface area contributed by atoms with E-state index < -0.39 is 0 Å². The fourth-order valence-corrected chi connectivity index (χ4v) is 2.54. The molecule has 0 bridgehead atoms. The molecule has 20 heavy (non-hydrogen) atoms. The van der Waals surface area contributed by atoms with Gasteiger partial charge in [0.1, 0.15) is 5.82 Å². The maximum absolute atomic E-state index is 5.50. The summed E-state index contributed by atoms with van der Waals surface area (Å²) in [5.74, 6) is 1.37. The molecule has 2 heterocycles. The minimum atomic E-state index is 0.314. The monoisotopic (exact) mass is 278 g/mol. The van der Waals surface area contributed by atoms with E-state index in [2.05, 4.69) is 41.4 Å². The van der Waals surface area contributed by atoms with Gasteiger partial charge in [0.25, 0.3) is 0 Å². The van der Waals surface area contributed by atoms with Crippen molar-refractivity contribution in [3.63, 3.8) is 0 Å². The summed E-state index contributed by atoms with van der Waals surface area (Å²) in [6, 6.07) is 0.457. The second-order valence-electron chi connectivity index (χ2n) is 6.07. The summed E-state index contributed by atoms with van der Waals surface area (Å²) in [4.78, 5) is 8.59. The molecule has 5 nitrogen and oxygen atoms in total. The van der Waals surface area contributed by atoms with Crippen LogP contribution in [0.2, 0.25) is 0 Å². The van der Waals surface area contributed by atoms with E-state index in [0.717, 1.165) is 25.3 Å². The van der Waals surface area contributed by atoms with Crippen molar-refractivity contribution in [2.45, 2.75) is 46.1 Å². The molecule has 0 aliphatic carbocycles. The van der Waals surface area contributed by atoms with Crippen LogP contribution in [-0.4, -0.2) is 35.7 Å². The number of rotatable bonds is 6. The van der Waals surface area contributed by atoms with Crippen LogP contribution in [0.4, 0.5) is 5.82 Å². The Morgan fingerprint density at radius 1 is 1.45 bits per heavy atom. The van der Waals surface area contributed by atoms with Crippen LogP contribution in [0, 0.1) is 5.41 Å². The van der Waals surface area contributed by atoms with Crippen LogP contribution < -0.4 is 15.4 Å². The Kier molecular flexibility index (Phi) is 5.17. The van der Waals surface area contributed by atoms with Crippen molar-refractivity contribution in [3.05, 3.63) is 12.4 Å². The zero-order valence-electron chi connectivity index (χ0n) is 12.8. The van der Waals surface area contributed by atoms with Gasteiger partial charge in [-0.25, -0.2) is 0 Å². The molecular formula is C15H26N4O. The highest BCUT2D eigenvalue weighted by molar-refractivity contribution is 5.33. The second-order valence-corrected chi connectivity index (χ2v) is 6.07. The average Bonchev–Trinajstić information content (AvgIpc) is 2.44. The Morgan fingerprint density at radius 3 is 3.05 bits per heavy atom. The third kappa shape index (κ3) is 4.07. The lowest BCUT2D eigenvalue weighted by molar-refractivity contribution is 0.188. The Hall–Kier alpha value is -1.36. The largest absolute Gasteiger partial charge is 0.477 e. The van der Waals surface area contributed by atoms with Gasteiger partial charge in [-0.15, -0.1) is 0 Å². The summed E-state index contributed by atoms with van der Waals surface area (Å²) in [5.41, 5.74) is 0.314. The number of piperidine rings is 1. The van der Waals surface area contributed by atoms with E-state index >= 15 is 0 Å². The molecule has 1 aromatic rings. The predicted octanol–water partition coefficient (Wildman–Crippen LogP) is 2.46. The highest BCUT2D eigenvalue weighted by Gasteiger charge is 2.31. The van der Waals surface area contributed by atoms with Gasteiger partial charge in [0.2, 0.25) is 5.88 Å². The summed E-state index contributed by atoms with van der Waals surface area (Å²) in [5, 5.41) is 6.96. The van der Waals surface area contributed by atoms with Crippen LogP contribution >= 0.6 is 0 Å². The molecule has 1 atom stereocenters. The first-order valence-corrected chi connectivity index (χ1v) is 7.54. The Balaban J connectivity index is 1.89. The predicted molar refractivity (Wildman–Crippen MR) is 81.1 cm³/mol. The normalized spacial score (nSPS) is 21.4. The number of anilines is 1. The standard InChI is InChI=1S/C15H26N4O/c1-4-8-20-14-11-16-10-13(19-14)18-9-12-15(2,3)6-5-7-17-12/h10-12,17H,4-9H2,1-3H3,(H,18,19). The van der Waals surface area contributed by atoms with Crippen LogP contribution in [0.5, 0.6) is 5.88 Å². The molecule has 0 aromatic carbocycles. The van der Waals surface area contributed by atoms with Crippen molar-refractivity contribution in [1.82, 2.24) is 15.3 Å². The fraction of sp³-hybridized carbons (Fsp3) is 0.733. The van der Waals surface area contributed by atoms with E-state index in [1.54, 1.807) is 12.4 Å². The van der Waals surface area contributed by atoms with Gasteiger partial charge in [-0.2, -0.15) is 4.98 Å². The number of hydrogen-bond acceptors (Lipinski definition) is 5. The molecule has 1 aromatic heterocycles. The van der Waals surface area contributed by atoms with Gasteiger partial charge in [-0.1, -0.05) is 20.8 Å². The van der Waals surface area contributed by atoms with Crippen molar-refractivity contribution in [2.75, 3.05) is 25.0 Å². The zero-order chi connectivity index (χ0) is 14.4. The lowest BCUT2D eigenvalue weighted by atomic mass is 9.77. The molecular weight excluding hydrogens is 252 g/mol. The summed E-state index contributed by atoms with van der Waals surface area (Å²) in [6.07, 6.45) is 6.89. The number of nitrogens with one attached hydrogen (secondary N) is 2. The van der Waals surface area contributed by atoms with E-state index in [1.807, 2.05) is 0 Å². The Morgan fingerprint density at radius 2 is 2.30 bits per heavy atom. The van der Waals surface area contributed by atoms with E-state index in [-0.39, 0.29) is 0 Å². The van der Waals surface area contributed by atoms with Crippen molar-refractivity contribution in [1.29, 1.82) is 0 Å². The first-order valence-electron chi connectivity index (χ1n) is 7.54. The van der Waals surface area contributed by atoms with Crippen LogP contribution in [-0.2, 0) is 0 Å². The zero-order valence-corrected chi connectivity index (χ0v) is 12.8. The van der Waals surface area contributed by atoms with Crippen LogP contribution in [0.15, 0.2) is 12.4 Å². The number of nitrogens with zero attached hydrogens (tertiary/aromatic N) is 2. The molecule has 1 unspecified atom stereocenters. The van der Waals surface area contributed by atoms with Gasteiger partial charge in [-0.05, 0) is 31.2 Å². The molecule has 1 aliphatic heterocycles. The number of hydrogen-bond donors (Lipinski definition) is 2. The SMILES string of the molecule is CCCOc1cncc(NCC2NCCCC2(C)C)n1. The molecule has 0 amide bonds. The third-order valence-corrected chi connectivity index (χ3v) is 3.89. The van der Waals surface area contributed by atoms with Crippen molar-refractivity contribution >= 4 is 5.82 Å². The average molecular weight is 278 g/mol. The van der Waals surface area contributed by atoms with Gasteiger partial charge >= 0.3 is 0 Å². The van der Waals surface area contributed by atoms with Gasteiger partial charge in [0.05, 0.1) is 19.0 Å². The van der Waals surface area contributed by atoms with E-state index in [4.69, 9.17) is 4.74 Å². The summed E-state index contributed by atoms with van der Waals surface area (Å²) >= 11 is 0. The van der Waals surface area contributed by atoms with Crippen LogP contribution in [0.25, 0.3) is 0 Å². The van der Waals surface area contributed by atoms with Gasteiger partial charge in [0.15, 0.2) is 0 Å². The third-order valence-electron chi connectivity index (χ3n) is 3.89. The van der Waals surface area contributed by atoms with Crippen LogP contribution in [0.1, 0.15) is 40.0 Å². The minimum Gasteiger partial charge on any atom is -0.477 e. The molecule has 0 spiro atoms. The van der Waals surface area contributed by atoms with Gasteiger partial charge in [0, 0.05) is 12.6 Å². The molecule has 2 N–H and O–H groups in total. The first kappa shape index (κ1) is 15.0. The van der Waals surface area contributed by atoms with E-state index in [9.17, 15) is 0 Å². The Labute approximate surface area is 121 Å². The lowest BCUT2D eigenvalue weighted by Gasteiger charge is -2.39.